The highest BCUT2D eigenvalue weighted by molar-refractivity contribution is 8.14. The van der Waals surface area contributed by atoms with Gasteiger partial charge in [0.2, 0.25) is 0 Å². The molecule has 1 spiro atoms. The maximum atomic E-state index is 4.98. The van der Waals surface area contributed by atoms with Crippen LogP contribution < -0.4 is 5.32 Å². The van der Waals surface area contributed by atoms with E-state index in [4.69, 9.17) is 4.99 Å². The molecule has 1 heterocycles. The molecule has 0 unspecified atom stereocenters. The lowest BCUT2D eigenvalue weighted by Crippen LogP contribution is -2.47. The Morgan fingerprint density at radius 2 is 1.70 bits per heavy atom. The Bertz CT molecular complexity index is 366. The minimum absolute atomic E-state index is 0.331. The molecule has 3 aliphatic rings. The van der Waals surface area contributed by atoms with Crippen LogP contribution in [0.5, 0.6) is 0 Å². The highest BCUT2D eigenvalue weighted by Crippen LogP contribution is 2.37. The monoisotopic (exact) mass is 295 g/mol. The highest BCUT2D eigenvalue weighted by atomic mass is 32.2. The van der Waals surface area contributed by atoms with Crippen molar-refractivity contribution in [2.75, 3.05) is 26.4 Å². The van der Waals surface area contributed by atoms with Crippen LogP contribution in [-0.4, -0.2) is 47.5 Å². The molecule has 1 saturated heterocycles. The van der Waals surface area contributed by atoms with E-state index in [9.17, 15) is 0 Å². The third kappa shape index (κ3) is 2.87. The van der Waals surface area contributed by atoms with E-state index < -0.39 is 0 Å². The van der Waals surface area contributed by atoms with Crippen molar-refractivity contribution in [3.05, 3.63) is 0 Å². The zero-order valence-corrected chi connectivity index (χ0v) is 13.9. The van der Waals surface area contributed by atoms with E-state index in [0.717, 1.165) is 6.54 Å². The van der Waals surface area contributed by atoms with Crippen molar-refractivity contribution >= 4 is 16.9 Å². The van der Waals surface area contributed by atoms with Crippen LogP contribution in [0.15, 0.2) is 4.99 Å². The molecule has 0 aromatic carbocycles. The van der Waals surface area contributed by atoms with E-state index in [1.165, 1.54) is 68.7 Å². The average molecular weight is 295 g/mol. The number of nitrogens with zero attached hydrogens (tertiary/aromatic N) is 2. The molecule has 1 aliphatic heterocycles. The van der Waals surface area contributed by atoms with Gasteiger partial charge in [-0.2, -0.15) is 0 Å². The van der Waals surface area contributed by atoms with Gasteiger partial charge in [-0.25, -0.2) is 0 Å². The van der Waals surface area contributed by atoms with Gasteiger partial charge in [0.1, 0.15) is 0 Å². The predicted octanol–water partition coefficient (Wildman–Crippen LogP) is 3.26. The van der Waals surface area contributed by atoms with Crippen molar-refractivity contribution in [1.29, 1.82) is 0 Å². The maximum Gasteiger partial charge on any atom is 0.157 e. The molecule has 114 valence electrons. The number of nitrogens with one attached hydrogen (secondary N) is 1. The molecule has 0 atom stereocenters. The molecular weight excluding hydrogens is 266 g/mol. The molecule has 1 N–H and O–H groups in total. The van der Waals surface area contributed by atoms with Crippen molar-refractivity contribution in [1.82, 2.24) is 10.2 Å². The van der Waals surface area contributed by atoms with Gasteiger partial charge in [0.15, 0.2) is 5.17 Å². The van der Waals surface area contributed by atoms with Crippen LogP contribution in [0.2, 0.25) is 0 Å². The number of thioether (sulfide) groups is 1. The molecule has 0 aromatic heterocycles. The minimum atomic E-state index is 0.331. The zero-order valence-electron chi connectivity index (χ0n) is 13.1. The first-order valence-electron chi connectivity index (χ1n) is 8.27. The molecule has 0 radical (unpaired) electrons. The van der Waals surface area contributed by atoms with E-state index in [1.54, 1.807) is 0 Å². The van der Waals surface area contributed by atoms with E-state index in [-0.39, 0.29) is 0 Å². The number of hydrogen-bond donors (Lipinski definition) is 1. The van der Waals surface area contributed by atoms with Crippen LogP contribution in [0.3, 0.4) is 0 Å². The number of aliphatic imine (C=N–C) groups is 1. The number of rotatable bonds is 3. The molecule has 2 aliphatic carbocycles. The second-order valence-corrected chi connectivity index (χ2v) is 8.17. The Balaban J connectivity index is 1.62. The molecule has 3 nitrogen and oxygen atoms in total. The van der Waals surface area contributed by atoms with E-state index in [0.29, 0.717) is 11.1 Å². The Hall–Kier alpha value is -0.220. The summed E-state index contributed by atoms with van der Waals surface area (Å²) < 4.78 is 0. The summed E-state index contributed by atoms with van der Waals surface area (Å²) in [5.74, 6) is 1.24. The van der Waals surface area contributed by atoms with E-state index in [2.05, 4.69) is 24.3 Å². The van der Waals surface area contributed by atoms with Crippen LogP contribution in [0.4, 0.5) is 0 Å². The normalized spacial score (nSPS) is 30.2. The maximum absolute atomic E-state index is 4.98. The predicted molar refractivity (Wildman–Crippen MR) is 88.6 cm³/mol. The minimum Gasteiger partial charge on any atom is -0.359 e. The zero-order chi connectivity index (χ0) is 14.1. The molecule has 0 bridgehead atoms. The molecule has 4 heteroatoms. The Kier molecular flexibility index (Phi) is 4.32. The van der Waals surface area contributed by atoms with Gasteiger partial charge in [-0.3, -0.25) is 4.99 Å². The Morgan fingerprint density at radius 1 is 1.05 bits per heavy atom. The largest absolute Gasteiger partial charge is 0.359 e. The second-order valence-electron chi connectivity index (χ2n) is 7.20. The average Bonchev–Trinajstić information content (AvgIpc) is 3.06. The summed E-state index contributed by atoms with van der Waals surface area (Å²) in [6, 6.07) is 0. The van der Waals surface area contributed by atoms with Gasteiger partial charge in [-0.05, 0) is 39.8 Å². The first kappa shape index (κ1) is 14.7. The van der Waals surface area contributed by atoms with Crippen molar-refractivity contribution in [2.24, 2.45) is 4.99 Å². The standard InChI is InChI=1S/C16H29N3S/c1-19(2)16(10-6-7-11-16)12-17-14-18-15(13-20-14)8-4-3-5-9-15/h3-13H2,1-2H3,(H,17,18). The summed E-state index contributed by atoms with van der Waals surface area (Å²) in [4.78, 5) is 7.39. The number of amidine groups is 1. The van der Waals surface area contributed by atoms with Crippen molar-refractivity contribution < 1.29 is 0 Å². The molecule has 20 heavy (non-hydrogen) atoms. The van der Waals surface area contributed by atoms with E-state index in [1.807, 2.05) is 11.8 Å². The van der Waals surface area contributed by atoms with Crippen molar-refractivity contribution in [3.63, 3.8) is 0 Å². The van der Waals surface area contributed by atoms with Crippen LogP contribution in [0.1, 0.15) is 57.8 Å². The number of hydrogen-bond acceptors (Lipinski definition) is 3. The van der Waals surface area contributed by atoms with Crippen LogP contribution in [0.25, 0.3) is 0 Å². The SMILES string of the molecule is CN(C)C1(CN=C2NC3(CCCCC3)CS2)CCCC1. The van der Waals surface area contributed by atoms with E-state index >= 15 is 0 Å². The topological polar surface area (TPSA) is 27.6 Å². The fraction of sp³-hybridized carbons (Fsp3) is 0.938. The van der Waals surface area contributed by atoms with Crippen molar-refractivity contribution in [2.45, 2.75) is 68.9 Å². The summed E-state index contributed by atoms with van der Waals surface area (Å²) in [6.07, 6.45) is 12.3. The molecule has 0 aromatic rings. The lowest BCUT2D eigenvalue weighted by Gasteiger charge is -2.35. The van der Waals surface area contributed by atoms with Gasteiger partial charge in [0.05, 0.1) is 6.54 Å². The van der Waals surface area contributed by atoms with Crippen LogP contribution in [0, 0.1) is 0 Å². The van der Waals surface area contributed by atoms with Crippen LogP contribution >= 0.6 is 11.8 Å². The fourth-order valence-electron chi connectivity index (χ4n) is 4.09. The lowest BCUT2D eigenvalue weighted by atomic mass is 9.83. The second kappa shape index (κ2) is 5.88. The summed E-state index contributed by atoms with van der Waals surface area (Å²) in [6.45, 7) is 0.978. The molecule has 0 amide bonds. The van der Waals surface area contributed by atoms with Gasteiger partial charge in [0.25, 0.3) is 0 Å². The summed E-state index contributed by atoms with van der Waals surface area (Å²) in [5, 5.41) is 5.00. The van der Waals surface area contributed by atoms with Gasteiger partial charge < -0.3 is 10.2 Å². The quantitative estimate of drug-likeness (QED) is 0.866. The third-order valence-electron chi connectivity index (χ3n) is 5.67. The lowest BCUT2D eigenvalue weighted by molar-refractivity contribution is 0.167. The molecule has 2 saturated carbocycles. The van der Waals surface area contributed by atoms with Gasteiger partial charge in [0, 0.05) is 16.8 Å². The summed E-state index contributed by atoms with van der Waals surface area (Å²) in [5.41, 5.74) is 0.722. The van der Waals surface area contributed by atoms with Crippen LogP contribution in [-0.2, 0) is 0 Å². The Labute approximate surface area is 128 Å². The fourth-order valence-corrected chi connectivity index (χ4v) is 5.31. The molecule has 3 fully saturated rings. The third-order valence-corrected chi connectivity index (χ3v) is 6.87. The summed E-state index contributed by atoms with van der Waals surface area (Å²) in [7, 11) is 4.45. The van der Waals surface area contributed by atoms with Gasteiger partial charge >= 0.3 is 0 Å². The first-order valence-corrected chi connectivity index (χ1v) is 9.26. The number of likely N-dealkylation sites (N-methyl/N-ethyl adjacent to an activating group) is 1. The summed E-state index contributed by atoms with van der Waals surface area (Å²) >= 11 is 1.96. The molecular formula is C16H29N3S. The first-order chi connectivity index (χ1) is 9.64. The highest BCUT2D eigenvalue weighted by Gasteiger charge is 2.39. The smallest absolute Gasteiger partial charge is 0.157 e. The molecule has 3 rings (SSSR count). The van der Waals surface area contributed by atoms with Gasteiger partial charge in [-0.1, -0.05) is 43.9 Å². The van der Waals surface area contributed by atoms with Gasteiger partial charge in [-0.15, -0.1) is 0 Å². The van der Waals surface area contributed by atoms with Crippen molar-refractivity contribution in [3.8, 4) is 0 Å². The Morgan fingerprint density at radius 3 is 2.35 bits per heavy atom.